The average molecular weight is 493 g/mol. The molecule has 176 valence electrons. The Morgan fingerprint density at radius 1 is 1.24 bits per heavy atom. The lowest BCUT2D eigenvalue weighted by molar-refractivity contribution is -0.121. The minimum Gasteiger partial charge on any atom is -0.489 e. The van der Waals surface area contributed by atoms with Crippen LogP contribution in [0.2, 0.25) is 5.02 Å². The van der Waals surface area contributed by atoms with Crippen LogP contribution in [0.15, 0.2) is 35.2 Å². The van der Waals surface area contributed by atoms with E-state index in [4.69, 9.17) is 26.2 Å². The van der Waals surface area contributed by atoms with Crippen LogP contribution in [0, 0.1) is 0 Å². The van der Waals surface area contributed by atoms with Gasteiger partial charge in [-0.3, -0.25) is 4.79 Å². The number of amides is 1. The van der Waals surface area contributed by atoms with Crippen molar-refractivity contribution >= 4 is 38.6 Å². The summed E-state index contributed by atoms with van der Waals surface area (Å²) in [5.74, 6) is 1.68. The van der Waals surface area contributed by atoms with E-state index in [9.17, 15) is 13.2 Å². The van der Waals surface area contributed by atoms with Crippen LogP contribution < -0.4 is 19.9 Å². The highest BCUT2D eigenvalue weighted by molar-refractivity contribution is 7.89. The molecule has 0 unspecified atom stereocenters. The average Bonchev–Trinajstić information content (AvgIpc) is 2.94. The molecule has 0 saturated heterocycles. The Morgan fingerprint density at radius 3 is 2.79 bits per heavy atom. The van der Waals surface area contributed by atoms with E-state index in [-0.39, 0.29) is 17.2 Å². The number of fused-ring (bicyclic) bond motifs is 2. The largest absolute Gasteiger partial charge is 0.489 e. The van der Waals surface area contributed by atoms with Gasteiger partial charge in [0, 0.05) is 32.4 Å². The molecule has 2 heterocycles. The molecule has 3 N–H and O–H groups in total. The van der Waals surface area contributed by atoms with Crippen LogP contribution in [-0.4, -0.2) is 37.1 Å². The van der Waals surface area contributed by atoms with Crippen LogP contribution in [0.3, 0.4) is 0 Å². The number of sulfonamides is 1. The van der Waals surface area contributed by atoms with Gasteiger partial charge in [-0.2, -0.15) is 0 Å². The van der Waals surface area contributed by atoms with E-state index >= 15 is 0 Å². The highest BCUT2D eigenvalue weighted by Crippen LogP contribution is 2.38. The number of aryl methyl sites for hydroxylation is 2. The van der Waals surface area contributed by atoms with Gasteiger partial charge in [-0.1, -0.05) is 11.6 Å². The number of imidazole rings is 1. The van der Waals surface area contributed by atoms with Crippen molar-refractivity contribution in [2.45, 2.75) is 44.2 Å². The topological polar surface area (TPSA) is 126 Å². The first-order valence-corrected chi connectivity index (χ1v) is 12.6. The molecule has 0 atom stereocenters. The van der Waals surface area contributed by atoms with Gasteiger partial charge in [0.05, 0.1) is 34.2 Å². The van der Waals surface area contributed by atoms with Gasteiger partial charge >= 0.3 is 0 Å². The molecule has 11 heteroatoms. The summed E-state index contributed by atoms with van der Waals surface area (Å²) in [6.07, 6.45) is 1.41. The normalized spacial score (nSPS) is 13.7. The van der Waals surface area contributed by atoms with Crippen LogP contribution >= 0.6 is 11.6 Å². The van der Waals surface area contributed by atoms with Crippen molar-refractivity contribution in [2.24, 2.45) is 5.14 Å². The summed E-state index contributed by atoms with van der Waals surface area (Å²) in [5.41, 5.74) is 2.14. The van der Waals surface area contributed by atoms with Gasteiger partial charge in [0.25, 0.3) is 0 Å². The molecule has 0 aliphatic carbocycles. The Kier molecular flexibility index (Phi) is 6.78. The third-order valence-electron chi connectivity index (χ3n) is 5.37. The molecule has 1 aliphatic heterocycles. The highest BCUT2D eigenvalue weighted by Gasteiger charge is 2.17. The predicted molar refractivity (Wildman–Crippen MR) is 124 cm³/mol. The second-order valence-electron chi connectivity index (χ2n) is 7.70. The number of benzene rings is 2. The van der Waals surface area contributed by atoms with E-state index in [0.717, 1.165) is 17.5 Å². The standard InChI is InChI=1S/C22H25ClN4O5S/c1-2-27-18-5-4-15(33(24,29)30)12-17(18)26-20(27)6-7-21(28)25-13-14-10-16(23)22-19(11-14)31-8-3-9-32-22/h4-5,10-12H,2-3,6-9,13H2,1H3,(H,25,28)(H2,24,29,30). The molecule has 0 bridgehead atoms. The van der Waals surface area contributed by atoms with Gasteiger partial charge in [-0.25, -0.2) is 18.5 Å². The lowest BCUT2D eigenvalue weighted by atomic mass is 10.2. The minimum absolute atomic E-state index is 0.00818. The maximum absolute atomic E-state index is 12.5. The molecule has 3 aromatic rings. The van der Waals surface area contributed by atoms with Gasteiger partial charge in [0.1, 0.15) is 5.82 Å². The maximum Gasteiger partial charge on any atom is 0.238 e. The quantitative estimate of drug-likeness (QED) is 0.522. The number of halogens is 1. The lowest BCUT2D eigenvalue weighted by Crippen LogP contribution is -2.23. The zero-order valence-electron chi connectivity index (χ0n) is 18.1. The Bertz CT molecular complexity index is 1310. The zero-order chi connectivity index (χ0) is 23.6. The van der Waals surface area contributed by atoms with Crippen molar-refractivity contribution in [1.82, 2.24) is 14.9 Å². The van der Waals surface area contributed by atoms with Crippen LogP contribution in [-0.2, 0) is 34.3 Å². The second kappa shape index (κ2) is 9.58. The predicted octanol–water partition coefficient (Wildman–Crippen LogP) is 2.77. The van der Waals surface area contributed by atoms with Crippen molar-refractivity contribution in [1.29, 1.82) is 0 Å². The van der Waals surface area contributed by atoms with Gasteiger partial charge in [0.15, 0.2) is 11.5 Å². The highest BCUT2D eigenvalue weighted by atomic mass is 35.5. The number of primary sulfonamides is 1. The number of rotatable bonds is 7. The van der Waals surface area contributed by atoms with Gasteiger partial charge in [0.2, 0.25) is 15.9 Å². The van der Waals surface area contributed by atoms with Crippen LogP contribution in [0.5, 0.6) is 11.5 Å². The number of carbonyl (C=O) groups is 1. The minimum atomic E-state index is -3.81. The fraction of sp³-hybridized carbons (Fsp3) is 0.364. The summed E-state index contributed by atoms with van der Waals surface area (Å²) >= 11 is 6.31. The summed E-state index contributed by atoms with van der Waals surface area (Å²) in [4.78, 5) is 17.0. The molecule has 4 rings (SSSR count). The van der Waals surface area contributed by atoms with E-state index in [1.165, 1.54) is 12.1 Å². The van der Waals surface area contributed by atoms with Crippen molar-refractivity contribution in [2.75, 3.05) is 13.2 Å². The van der Waals surface area contributed by atoms with E-state index in [1.807, 2.05) is 17.6 Å². The molecule has 9 nitrogen and oxygen atoms in total. The Balaban J connectivity index is 1.42. The van der Waals surface area contributed by atoms with E-state index in [0.29, 0.717) is 60.6 Å². The Labute approximate surface area is 196 Å². The van der Waals surface area contributed by atoms with E-state index in [1.54, 1.807) is 12.1 Å². The van der Waals surface area contributed by atoms with Gasteiger partial charge in [-0.05, 0) is 42.8 Å². The summed E-state index contributed by atoms with van der Waals surface area (Å²) in [7, 11) is -3.81. The number of hydrogen-bond acceptors (Lipinski definition) is 6. The van der Waals surface area contributed by atoms with E-state index in [2.05, 4.69) is 10.3 Å². The third kappa shape index (κ3) is 5.23. The number of carbonyl (C=O) groups excluding carboxylic acids is 1. The molecule has 0 fully saturated rings. The van der Waals surface area contributed by atoms with E-state index < -0.39 is 10.0 Å². The number of nitrogens with one attached hydrogen (secondary N) is 1. The smallest absolute Gasteiger partial charge is 0.238 e. The van der Waals surface area contributed by atoms with Crippen LogP contribution in [0.25, 0.3) is 11.0 Å². The number of aromatic nitrogens is 2. The monoisotopic (exact) mass is 492 g/mol. The number of hydrogen-bond donors (Lipinski definition) is 2. The number of nitrogens with two attached hydrogens (primary N) is 1. The van der Waals surface area contributed by atoms with Gasteiger partial charge < -0.3 is 19.4 Å². The SMILES string of the molecule is CCn1c(CCC(=O)NCc2cc(Cl)c3c(c2)OCCCO3)nc2cc(S(N)(=O)=O)ccc21. The van der Waals surface area contributed by atoms with Crippen molar-refractivity contribution in [3.05, 3.63) is 46.7 Å². The van der Waals surface area contributed by atoms with Crippen molar-refractivity contribution < 1.29 is 22.7 Å². The number of ether oxygens (including phenoxy) is 2. The maximum atomic E-state index is 12.5. The molecule has 1 aliphatic rings. The molecular weight excluding hydrogens is 468 g/mol. The molecule has 1 amide bonds. The fourth-order valence-corrected chi connectivity index (χ4v) is 4.60. The summed E-state index contributed by atoms with van der Waals surface area (Å²) < 4.78 is 36.5. The fourth-order valence-electron chi connectivity index (χ4n) is 3.78. The molecule has 33 heavy (non-hydrogen) atoms. The van der Waals surface area contributed by atoms with Crippen LogP contribution in [0.1, 0.15) is 31.2 Å². The summed E-state index contributed by atoms with van der Waals surface area (Å²) in [6, 6.07) is 8.18. The van der Waals surface area contributed by atoms with Crippen LogP contribution in [0.4, 0.5) is 0 Å². The molecule has 0 radical (unpaired) electrons. The molecule has 0 saturated carbocycles. The summed E-state index contributed by atoms with van der Waals surface area (Å²) in [6.45, 7) is 4.01. The first-order valence-electron chi connectivity index (χ1n) is 10.6. The summed E-state index contributed by atoms with van der Waals surface area (Å²) in [5, 5.41) is 8.57. The molecule has 2 aromatic carbocycles. The number of nitrogens with zero attached hydrogens (tertiary/aromatic N) is 2. The van der Waals surface area contributed by atoms with Crippen molar-refractivity contribution in [3.63, 3.8) is 0 Å². The van der Waals surface area contributed by atoms with Gasteiger partial charge in [-0.15, -0.1) is 0 Å². The zero-order valence-corrected chi connectivity index (χ0v) is 19.7. The first kappa shape index (κ1) is 23.3. The molecular formula is C22H25ClN4O5S. The molecule has 0 spiro atoms. The first-order chi connectivity index (χ1) is 15.8. The molecule has 1 aromatic heterocycles. The third-order valence-corrected chi connectivity index (χ3v) is 6.56. The second-order valence-corrected chi connectivity index (χ2v) is 9.67. The Morgan fingerprint density at radius 2 is 2.03 bits per heavy atom. The lowest BCUT2D eigenvalue weighted by Gasteiger charge is -2.12. The van der Waals surface area contributed by atoms with Crippen molar-refractivity contribution in [3.8, 4) is 11.5 Å². The Hall–Kier alpha value is -2.82.